The third-order valence-corrected chi connectivity index (χ3v) is 2.26. The molecule has 16 heavy (non-hydrogen) atoms. The average molecular weight is 237 g/mol. The van der Waals surface area contributed by atoms with Gasteiger partial charge in [0.05, 0.1) is 12.8 Å². The molecule has 0 atom stereocenters. The Bertz CT molecular complexity index is 373. The highest BCUT2D eigenvalue weighted by atomic mass is 32.2. The molecule has 0 amide bonds. The smallest absolute Gasteiger partial charge is 0.180 e. The maximum absolute atomic E-state index is 5.48. The molecule has 0 aliphatic rings. The minimum Gasteiger partial charge on any atom is -0.494 e. The summed E-state index contributed by atoms with van der Waals surface area (Å²) in [4.78, 5) is 0. The molecule has 0 spiro atoms. The zero-order chi connectivity index (χ0) is 11.8. The summed E-state index contributed by atoms with van der Waals surface area (Å²) in [5.74, 6) is 0.853. The highest BCUT2D eigenvalue weighted by Gasteiger charge is 1.91. The zero-order valence-corrected chi connectivity index (χ0v) is 10.2. The molecule has 0 saturated carbocycles. The van der Waals surface area contributed by atoms with E-state index in [1.54, 1.807) is 6.21 Å². The van der Waals surface area contributed by atoms with Crippen molar-refractivity contribution < 1.29 is 4.74 Å². The molecule has 0 unspecified atom stereocenters. The second-order valence-electron chi connectivity index (χ2n) is 2.89. The van der Waals surface area contributed by atoms with Crippen molar-refractivity contribution in [2.75, 3.05) is 12.9 Å². The topological polar surface area (TPSA) is 60.0 Å². The number of ether oxygens (including phenoxy) is 1. The third-order valence-electron chi connectivity index (χ3n) is 1.76. The van der Waals surface area contributed by atoms with Crippen LogP contribution in [0.4, 0.5) is 0 Å². The van der Waals surface area contributed by atoms with Gasteiger partial charge >= 0.3 is 0 Å². The summed E-state index contributed by atoms with van der Waals surface area (Å²) >= 11 is 1.36. The first-order chi connectivity index (χ1) is 7.76. The molecule has 2 N–H and O–H groups in total. The monoisotopic (exact) mass is 237 g/mol. The summed E-state index contributed by atoms with van der Waals surface area (Å²) in [6.07, 6.45) is 3.50. The summed E-state index contributed by atoms with van der Waals surface area (Å²) in [6, 6.07) is 7.62. The van der Waals surface area contributed by atoms with Crippen molar-refractivity contribution in [2.45, 2.75) is 6.92 Å². The maximum atomic E-state index is 5.48. The van der Waals surface area contributed by atoms with Crippen LogP contribution in [0, 0.1) is 0 Å². The quantitative estimate of drug-likeness (QED) is 0.495. The largest absolute Gasteiger partial charge is 0.494 e. The first kappa shape index (κ1) is 12.6. The molecule has 1 rings (SSSR count). The van der Waals surface area contributed by atoms with Crippen molar-refractivity contribution in [2.24, 2.45) is 15.9 Å². The van der Waals surface area contributed by atoms with E-state index in [-0.39, 0.29) is 0 Å². The Labute approximate surface area is 99.6 Å². The van der Waals surface area contributed by atoms with Gasteiger partial charge in [-0.15, -0.1) is 5.10 Å². The minimum absolute atomic E-state index is 0.446. The van der Waals surface area contributed by atoms with Gasteiger partial charge in [-0.05, 0) is 43.0 Å². The highest BCUT2D eigenvalue weighted by molar-refractivity contribution is 8.13. The normalized spacial score (nSPS) is 12.0. The van der Waals surface area contributed by atoms with Crippen LogP contribution in [0.5, 0.6) is 5.75 Å². The average Bonchev–Trinajstić information content (AvgIpc) is 2.31. The van der Waals surface area contributed by atoms with E-state index in [0.717, 1.165) is 11.3 Å². The van der Waals surface area contributed by atoms with Gasteiger partial charge in [-0.1, -0.05) is 11.8 Å². The Kier molecular flexibility index (Phi) is 5.42. The van der Waals surface area contributed by atoms with Gasteiger partial charge in [0.1, 0.15) is 5.75 Å². The van der Waals surface area contributed by atoms with Crippen molar-refractivity contribution in [1.29, 1.82) is 0 Å². The predicted octanol–water partition coefficient (Wildman–Crippen LogP) is 2.10. The van der Waals surface area contributed by atoms with Crippen LogP contribution in [0.2, 0.25) is 0 Å². The number of amidine groups is 1. The van der Waals surface area contributed by atoms with Gasteiger partial charge in [0.25, 0.3) is 0 Å². The summed E-state index contributed by atoms with van der Waals surface area (Å²) in [7, 11) is 0. The SMILES string of the molecule is CCOc1ccc(/C=N\N=C(/N)SC)cc1. The van der Waals surface area contributed by atoms with Crippen LogP contribution in [0.15, 0.2) is 34.5 Å². The third kappa shape index (κ3) is 4.35. The van der Waals surface area contributed by atoms with Crippen molar-refractivity contribution in [3.8, 4) is 5.75 Å². The van der Waals surface area contributed by atoms with E-state index in [2.05, 4.69) is 10.2 Å². The molecule has 0 aliphatic carbocycles. The summed E-state index contributed by atoms with van der Waals surface area (Å²) in [6.45, 7) is 2.62. The molecule has 0 aliphatic heterocycles. The number of nitrogens with zero attached hydrogens (tertiary/aromatic N) is 2. The lowest BCUT2D eigenvalue weighted by atomic mass is 10.2. The molecular weight excluding hydrogens is 222 g/mol. The molecule has 0 heterocycles. The van der Waals surface area contributed by atoms with Crippen molar-refractivity contribution in [3.05, 3.63) is 29.8 Å². The van der Waals surface area contributed by atoms with Gasteiger partial charge in [-0.3, -0.25) is 0 Å². The van der Waals surface area contributed by atoms with Crippen LogP contribution in [-0.4, -0.2) is 24.2 Å². The second-order valence-corrected chi connectivity index (χ2v) is 3.72. The summed E-state index contributed by atoms with van der Waals surface area (Å²) in [5, 5.41) is 8.10. The van der Waals surface area contributed by atoms with Gasteiger partial charge in [-0.25, -0.2) is 0 Å². The molecular formula is C11H15N3OS. The Hall–Kier alpha value is -1.49. The number of nitrogens with two attached hydrogens (primary N) is 1. The fraction of sp³-hybridized carbons (Fsp3) is 0.273. The first-order valence-corrected chi connectivity index (χ1v) is 6.12. The van der Waals surface area contributed by atoms with Gasteiger partial charge < -0.3 is 10.5 Å². The Morgan fingerprint density at radius 2 is 2.12 bits per heavy atom. The fourth-order valence-corrected chi connectivity index (χ4v) is 1.14. The molecule has 0 saturated heterocycles. The molecule has 5 heteroatoms. The van der Waals surface area contributed by atoms with E-state index in [9.17, 15) is 0 Å². The molecule has 0 fully saturated rings. The van der Waals surface area contributed by atoms with Crippen LogP contribution in [-0.2, 0) is 0 Å². The van der Waals surface area contributed by atoms with E-state index >= 15 is 0 Å². The second kappa shape index (κ2) is 6.90. The van der Waals surface area contributed by atoms with Crippen LogP contribution < -0.4 is 10.5 Å². The van der Waals surface area contributed by atoms with Gasteiger partial charge in [0.2, 0.25) is 0 Å². The van der Waals surface area contributed by atoms with Crippen molar-refractivity contribution in [1.82, 2.24) is 0 Å². The Morgan fingerprint density at radius 3 is 2.69 bits per heavy atom. The van der Waals surface area contributed by atoms with E-state index in [4.69, 9.17) is 10.5 Å². The van der Waals surface area contributed by atoms with Gasteiger partial charge in [0, 0.05) is 0 Å². The molecule has 0 aromatic heterocycles. The Morgan fingerprint density at radius 1 is 1.44 bits per heavy atom. The fourth-order valence-electron chi connectivity index (χ4n) is 1.01. The lowest BCUT2D eigenvalue weighted by molar-refractivity contribution is 0.340. The lowest BCUT2D eigenvalue weighted by Crippen LogP contribution is -2.03. The number of rotatable bonds is 4. The van der Waals surface area contributed by atoms with Crippen LogP contribution in [0.1, 0.15) is 12.5 Å². The molecule has 1 aromatic carbocycles. The predicted molar refractivity (Wildman–Crippen MR) is 70.3 cm³/mol. The van der Waals surface area contributed by atoms with Crippen LogP contribution in [0.25, 0.3) is 0 Å². The van der Waals surface area contributed by atoms with E-state index in [1.165, 1.54) is 11.8 Å². The van der Waals surface area contributed by atoms with E-state index in [1.807, 2.05) is 37.4 Å². The number of hydrogen-bond donors (Lipinski definition) is 1. The molecule has 1 aromatic rings. The van der Waals surface area contributed by atoms with Crippen LogP contribution in [0.3, 0.4) is 0 Å². The summed E-state index contributed by atoms with van der Waals surface area (Å²) < 4.78 is 5.33. The van der Waals surface area contributed by atoms with E-state index < -0.39 is 0 Å². The number of hydrogen-bond acceptors (Lipinski definition) is 4. The maximum Gasteiger partial charge on any atom is 0.180 e. The van der Waals surface area contributed by atoms with E-state index in [0.29, 0.717) is 11.8 Å². The molecule has 4 nitrogen and oxygen atoms in total. The number of thioether (sulfide) groups is 1. The standard InChI is InChI=1S/C11H15N3OS/c1-3-15-10-6-4-9(5-7-10)8-13-14-11(12)16-2/h4-8H,3H2,1-2H3,(H2,12,14)/b13-8-. The number of benzene rings is 1. The van der Waals surface area contributed by atoms with Crippen LogP contribution >= 0.6 is 11.8 Å². The lowest BCUT2D eigenvalue weighted by Gasteiger charge is -2.01. The highest BCUT2D eigenvalue weighted by Crippen LogP contribution is 2.10. The van der Waals surface area contributed by atoms with Crippen molar-refractivity contribution >= 4 is 23.1 Å². The minimum atomic E-state index is 0.446. The summed E-state index contributed by atoms with van der Waals surface area (Å²) in [5.41, 5.74) is 6.44. The van der Waals surface area contributed by atoms with Crippen molar-refractivity contribution in [3.63, 3.8) is 0 Å². The molecule has 0 bridgehead atoms. The van der Waals surface area contributed by atoms with Gasteiger partial charge in [-0.2, -0.15) is 5.10 Å². The molecule has 86 valence electrons. The van der Waals surface area contributed by atoms with Gasteiger partial charge in [0.15, 0.2) is 5.17 Å². The zero-order valence-electron chi connectivity index (χ0n) is 9.38. The first-order valence-electron chi connectivity index (χ1n) is 4.89. The Balaban J connectivity index is 2.61. The molecule has 0 radical (unpaired) electrons.